The average Bonchev–Trinajstić information content (AvgIpc) is 2.37. The van der Waals surface area contributed by atoms with Crippen molar-refractivity contribution in [3.63, 3.8) is 0 Å². The first kappa shape index (κ1) is 15.0. The van der Waals surface area contributed by atoms with E-state index in [0.717, 1.165) is 12.1 Å². The van der Waals surface area contributed by atoms with Crippen LogP contribution in [0.25, 0.3) is 0 Å². The Morgan fingerprint density at radius 2 is 1.53 bits per heavy atom. The van der Waals surface area contributed by atoms with Crippen LogP contribution in [0.2, 0.25) is 0 Å². The summed E-state index contributed by atoms with van der Waals surface area (Å²) in [4.78, 5) is 0. The highest BCUT2D eigenvalue weighted by molar-refractivity contribution is 5.28. The van der Waals surface area contributed by atoms with E-state index in [9.17, 15) is 17.6 Å². The molecular formula is C13H10F4N2. The molecule has 1 rings (SSSR count). The lowest BCUT2D eigenvalue weighted by atomic mass is 9.82. The summed E-state index contributed by atoms with van der Waals surface area (Å²) < 4.78 is 49.4. The Kier molecular flexibility index (Phi) is 4.50. The van der Waals surface area contributed by atoms with Crippen LogP contribution < -0.4 is 0 Å². The highest BCUT2D eigenvalue weighted by Crippen LogP contribution is 2.31. The van der Waals surface area contributed by atoms with Gasteiger partial charge in [-0.05, 0) is 17.7 Å². The van der Waals surface area contributed by atoms with Crippen LogP contribution >= 0.6 is 0 Å². The quantitative estimate of drug-likeness (QED) is 0.784. The minimum absolute atomic E-state index is 0.0952. The van der Waals surface area contributed by atoms with Gasteiger partial charge in [0.15, 0.2) is 0 Å². The van der Waals surface area contributed by atoms with E-state index in [1.54, 1.807) is 12.1 Å². The van der Waals surface area contributed by atoms with Crippen LogP contribution in [-0.2, 0) is 12.6 Å². The fraction of sp³-hybridized carbons (Fsp3) is 0.385. The van der Waals surface area contributed by atoms with E-state index >= 15 is 0 Å². The third-order valence-corrected chi connectivity index (χ3v) is 2.74. The van der Waals surface area contributed by atoms with E-state index in [0.29, 0.717) is 5.56 Å². The fourth-order valence-corrected chi connectivity index (χ4v) is 1.63. The van der Waals surface area contributed by atoms with Crippen LogP contribution in [0.4, 0.5) is 17.6 Å². The Hall–Kier alpha value is -2.08. The summed E-state index contributed by atoms with van der Waals surface area (Å²) in [6.07, 6.45) is -4.79. The predicted octanol–water partition coefficient (Wildman–Crippen LogP) is 3.64. The van der Waals surface area contributed by atoms with E-state index in [1.807, 2.05) is 0 Å². The molecule has 100 valence electrons. The standard InChI is InChI=1S/C13H10F4N2/c14-6-5-12(8-18,9-19)7-10-1-3-11(4-2-10)13(15,16)17/h1-4H,5-7H2. The monoisotopic (exact) mass is 270 g/mol. The predicted molar refractivity (Wildman–Crippen MR) is 59.4 cm³/mol. The van der Waals surface area contributed by atoms with Gasteiger partial charge in [0.2, 0.25) is 0 Å². The summed E-state index contributed by atoms with van der Waals surface area (Å²) in [6.45, 7) is -0.832. The molecule has 0 spiro atoms. The largest absolute Gasteiger partial charge is 0.416 e. The lowest BCUT2D eigenvalue weighted by molar-refractivity contribution is -0.137. The summed E-state index contributed by atoms with van der Waals surface area (Å²) in [5.74, 6) is 0. The molecule has 0 atom stereocenters. The summed E-state index contributed by atoms with van der Waals surface area (Å²) in [5.41, 5.74) is -1.94. The normalized spacial score (nSPS) is 11.7. The maximum Gasteiger partial charge on any atom is 0.416 e. The second kappa shape index (κ2) is 5.71. The van der Waals surface area contributed by atoms with Gasteiger partial charge in [0.05, 0.1) is 24.4 Å². The Bertz CT molecular complexity index is 491. The van der Waals surface area contributed by atoms with Crippen molar-refractivity contribution in [3.05, 3.63) is 35.4 Å². The van der Waals surface area contributed by atoms with Gasteiger partial charge in [0.1, 0.15) is 5.41 Å². The second-order valence-electron chi connectivity index (χ2n) is 4.12. The van der Waals surface area contributed by atoms with Crippen LogP contribution in [0.5, 0.6) is 0 Å². The third kappa shape index (κ3) is 3.69. The van der Waals surface area contributed by atoms with Crippen molar-refractivity contribution >= 4 is 0 Å². The van der Waals surface area contributed by atoms with Gasteiger partial charge in [-0.15, -0.1) is 0 Å². The van der Waals surface area contributed by atoms with Gasteiger partial charge in [-0.1, -0.05) is 12.1 Å². The molecule has 0 amide bonds. The van der Waals surface area contributed by atoms with E-state index in [4.69, 9.17) is 10.5 Å². The zero-order chi connectivity index (χ0) is 14.5. The first-order chi connectivity index (χ1) is 8.87. The van der Waals surface area contributed by atoms with Crippen molar-refractivity contribution < 1.29 is 17.6 Å². The molecule has 0 saturated carbocycles. The SMILES string of the molecule is N#CC(C#N)(CCF)Cc1ccc(C(F)(F)F)cc1. The molecule has 0 fully saturated rings. The Morgan fingerprint density at radius 3 is 1.89 bits per heavy atom. The van der Waals surface area contributed by atoms with E-state index < -0.39 is 23.8 Å². The summed E-state index contributed by atoms with van der Waals surface area (Å²) in [6, 6.07) is 7.63. The van der Waals surface area contributed by atoms with Crippen LogP contribution in [0.1, 0.15) is 17.5 Å². The first-order valence-corrected chi connectivity index (χ1v) is 5.41. The number of hydrogen-bond acceptors (Lipinski definition) is 2. The maximum atomic E-state index is 12.4. The average molecular weight is 270 g/mol. The van der Waals surface area contributed by atoms with Gasteiger partial charge >= 0.3 is 6.18 Å². The molecule has 0 aliphatic heterocycles. The summed E-state index contributed by atoms with van der Waals surface area (Å²) >= 11 is 0. The topological polar surface area (TPSA) is 47.6 Å². The van der Waals surface area contributed by atoms with Crippen molar-refractivity contribution in [2.45, 2.75) is 19.0 Å². The zero-order valence-electron chi connectivity index (χ0n) is 9.84. The van der Waals surface area contributed by atoms with Crippen LogP contribution in [0, 0.1) is 28.1 Å². The number of halogens is 4. The molecule has 0 radical (unpaired) electrons. The maximum absolute atomic E-state index is 12.4. The van der Waals surface area contributed by atoms with Crippen LogP contribution in [0.15, 0.2) is 24.3 Å². The van der Waals surface area contributed by atoms with E-state index in [1.165, 1.54) is 12.1 Å². The molecule has 0 heterocycles. The molecule has 0 aliphatic rings. The van der Waals surface area contributed by atoms with Gasteiger partial charge in [-0.3, -0.25) is 4.39 Å². The van der Waals surface area contributed by atoms with Crippen molar-refractivity contribution in [2.24, 2.45) is 5.41 Å². The molecule has 0 N–H and O–H groups in total. The molecule has 0 aliphatic carbocycles. The minimum atomic E-state index is -4.43. The Labute approximate surface area is 107 Å². The molecular weight excluding hydrogens is 260 g/mol. The van der Waals surface area contributed by atoms with Gasteiger partial charge in [0, 0.05) is 12.8 Å². The molecule has 1 aromatic carbocycles. The lowest BCUT2D eigenvalue weighted by Crippen LogP contribution is -2.20. The van der Waals surface area contributed by atoms with Gasteiger partial charge in [-0.2, -0.15) is 23.7 Å². The smallest absolute Gasteiger partial charge is 0.251 e. The molecule has 1 aromatic rings. The molecule has 6 heteroatoms. The van der Waals surface area contributed by atoms with Crippen molar-refractivity contribution in [1.29, 1.82) is 10.5 Å². The van der Waals surface area contributed by atoms with Crippen molar-refractivity contribution in [1.82, 2.24) is 0 Å². The van der Waals surface area contributed by atoms with E-state index in [-0.39, 0.29) is 12.8 Å². The highest BCUT2D eigenvalue weighted by Gasteiger charge is 2.32. The fourth-order valence-electron chi connectivity index (χ4n) is 1.63. The number of rotatable bonds is 4. The zero-order valence-corrected chi connectivity index (χ0v) is 9.84. The molecule has 0 unspecified atom stereocenters. The van der Waals surface area contributed by atoms with Crippen LogP contribution in [0.3, 0.4) is 0 Å². The molecule has 0 bridgehead atoms. The number of nitrogens with zero attached hydrogens (tertiary/aromatic N) is 2. The molecule has 2 nitrogen and oxygen atoms in total. The van der Waals surface area contributed by atoms with Gasteiger partial charge in [0.25, 0.3) is 0 Å². The van der Waals surface area contributed by atoms with Crippen LogP contribution in [-0.4, -0.2) is 6.67 Å². The van der Waals surface area contributed by atoms with E-state index in [2.05, 4.69) is 0 Å². The minimum Gasteiger partial charge on any atom is -0.251 e. The Balaban J connectivity index is 2.95. The van der Waals surface area contributed by atoms with Crippen molar-refractivity contribution in [3.8, 4) is 12.1 Å². The Morgan fingerprint density at radius 1 is 1.00 bits per heavy atom. The van der Waals surface area contributed by atoms with Crippen molar-refractivity contribution in [2.75, 3.05) is 6.67 Å². The molecule has 19 heavy (non-hydrogen) atoms. The lowest BCUT2D eigenvalue weighted by Gasteiger charge is -2.17. The third-order valence-electron chi connectivity index (χ3n) is 2.74. The molecule has 0 aromatic heterocycles. The number of nitriles is 2. The highest BCUT2D eigenvalue weighted by atomic mass is 19.4. The van der Waals surface area contributed by atoms with Gasteiger partial charge in [-0.25, -0.2) is 0 Å². The number of alkyl halides is 4. The number of hydrogen-bond donors (Lipinski definition) is 0. The van der Waals surface area contributed by atoms with Gasteiger partial charge < -0.3 is 0 Å². The molecule has 0 saturated heterocycles. The second-order valence-corrected chi connectivity index (χ2v) is 4.12. The summed E-state index contributed by atoms with van der Waals surface area (Å²) in [5, 5.41) is 17.9. The number of benzene rings is 1. The summed E-state index contributed by atoms with van der Waals surface area (Å²) in [7, 11) is 0. The first-order valence-electron chi connectivity index (χ1n) is 5.41.